The molecule has 4 spiro atoms. The average Bonchev–Trinajstić information content (AvgIpc) is 3.62. The number of aliphatic hydroxyl groups excluding tert-OH is 1. The van der Waals surface area contributed by atoms with Crippen molar-refractivity contribution in [1.82, 2.24) is 10.6 Å². The van der Waals surface area contributed by atoms with Crippen LogP contribution in [0.5, 0.6) is 0 Å². The second kappa shape index (κ2) is 20.5. The normalized spacial score (nSPS) is 21.6. The Morgan fingerprint density at radius 2 is 1.06 bits per heavy atom. The molecule has 344 valence electrons. The third-order valence-electron chi connectivity index (χ3n) is 12.0. The summed E-state index contributed by atoms with van der Waals surface area (Å²) >= 11 is 29.7. The second-order valence-electron chi connectivity index (χ2n) is 16.0. The predicted octanol–water partition coefficient (Wildman–Crippen LogP) is 10.3. The number of halogens is 5. The van der Waals surface area contributed by atoms with Gasteiger partial charge in [-0.05, 0) is 102 Å². The zero-order valence-corrected chi connectivity index (χ0v) is 39.2. The molecular weight excluding hydrogens is 926 g/mol. The minimum absolute atomic E-state index is 0.0560. The molecule has 0 radical (unpaired) electrons. The van der Waals surface area contributed by atoms with Crippen molar-refractivity contribution in [3.05, 3.63) is 78.1 Å². The van der Waals surface area contributed by atoms with Crippen LogP contribution >= 0.6 is 58.0 Å². The van der Waals surface area contributed by atoms with Gasteiger partial charge in [0, 0.05) is 58.5 Å². The Morgan fingerprint density at radius 1 is 0.651 bits per heavy atom. The van der Waals surface area contributed by atoms with Crippen molar-refractivity contribution in [2.24, 2.45) is 0 Å². The largest absolute Gasteiger partial charge is 0.513 e. The van der Waals surface area contributed by atoms with E-state index in [0.717, 1.165) is 18.4 Å². The van der Waals surface area contributed by atoms with Crippen molar-refractivity contribution in [2.75, 3.05) is 39.6 Å². The number of hydrogen-bond acceptors (Lipinski definition) is 12. The zero-order chi connectivity index (χ0) is 45.7. The minimum Gasteiger partial charge on any atom is -0.509 e. The van der Waals surface area contributed by atoms with Crippen LogP contribution in [0, 0.1) is 13.8 Å². The summed E-state index contributed by atoms with van der Waals surface area (Å²) in [5.74, 6) is -1.61. The van der Waals surface area contributed by atoms with Crippen LogP contribution in [0.25, 0.3) is 11.1 Å². The van der Waals surface area contributed by atoms with Gasteiger partial charge in [0.2, 0.25) is 0 Å². The molecule has 2 amide bonds. The Hall–Kier alpha value is -3.31. The molecule has 63 heavy (non-hydrogen) atoms. The standard InChI is InChI=1S/C22H25Cl2NO6.C19H21Cl2NO4.C3H5ClO2/c1-3-28-20(27)31-18-17(16-13(2)11-14(23)12-15(16)24)19(26)25-21(18)5-7-22(8-6-21)29-9-4-10-30-22;1-11-9-12(20)10-13(21)14(11)15-16(23)18(22-17(15)24)3-5-19(6-4-18)25-7-2-8-26-19;1-2-6-3(4)5/h11-12H,3-10H2,1-2H3,(H,25,26);9-10,23H,2-8H2,1H3,(H,22,24);2H2,1H3. The quantitative estimate of drug-likeness (QED) is 0.191. The molecule has 0 aromatic heterocycles. The van der Waals surface area contributed by atoms with Gasteiger partial charge in [0.25, 0.3) is 11.8 Å². The molecule has 0 atom stereocenters. The van der Waals surface area contributed by atoms with E-state index in [-0.39, 0.29) is 41.1 Å². The summed E-state index contributed by atoms with van der Waals surface area (Å²) in [6.45, 7) is 10.2. The van der Waals surface area contributed by atoms with Gasteiger partial charge in [-0.1, -0.05) is 46.4 Å². The lowest BCUT2D eigenvalue weighted by Gasteiger charge is -2.46. The number of aliphatic hydroxyl groups is 1. The highest BCUT2D eigenvalue weighted by molar-refractivity contribution is 6.61. The van der Waals surface area contributed by atoms with Gasteiger partial charge in [-0.2, -0.15) is 0 Å². The van der Waals surface area contributed by atoms with Gasteiger partial charge in [-0.3, -0.25) is 9.59 Å². The SMILES string of the molecule is CCOC(=O)Cl.CCOC(=O)OC1=C(c2c(C)cc(Cl)cc2Cl)C(=O)NC12CCC1(CC2)OCCCO1.Cc1cc(Cl)cc(Cl)c1C1=C(O)C2(CCC3(CC2)OCCCO3)NC1=O. The number of amides is 2. The van der Waals surface area contributed by atoms with Crippen molar-refractivity contribution in [1.29, 1.82) is 0 Å². The van der Waals surface area contributed by atoms with Crippen LogP contribution in [0.15, 0.2) is 35.8 Å². The van der Waals surface area contributed by atoms with Gasteiger partial charge in [0.15, 0.2) is 17.3 Å². The highest BCUT2D eigenvalue weighted by Crippen LogP contribution is 2.50. The van der Waals surface area contributed by atoms with Gasteiger partial charge < -0.3 is 48.9 Å². The molecule has 2 aromatic carbocycles. The number of nitrogens with one attached hydrogen (secondary N) is 2. The monoisotopic (exact) mass is 974 g/mol. The first kappa shape index (κ1) is 49.1. The molecule has 4 aliphatic heterocycles. The Labute approximate surface area is 391 Å². The van der Waals surface area contributed by atoms with Crippen LogP contribution in [-0.2, 0) is 42.7 Å². The molecule has 0 bridgehead atoms. The molecule has 6 aliphatic rings. The Morgan fingerprint density at radius 3 is 1.48 bits per heavy atom. The lowest BCUT2D eigenvalue weighted by atomic mass is 9.77. The number of carbonyl (C=O) groups is 4. The lowest BCUT2D eigenvalue weighted by molar-refractivity contribution is -0.284. The van der Waals surface area contributed by atoms with Gasteiger partial charge in [-0.25, -0.2) is 9.59 Å². The van der Waals surface area contributed by atoms with E-state index >= 15 is 0 Å². The summed E-state index contributed by atoms with van der Waals surface area (Å²) in [5.41, 5.74) is 0.565. The van der Waals surface area contributed by atoms with Crippen molar-refractivity contribution in [3.8, 4) is 0 Å². The summed E-state index contributed by atoms with van der Waals surface area (Å²) in [6, 6.07) is 6.61. The highest BCUT2D eigenvalue weighted by Gasteiger charge is 2.55. The smallest absolute Gasteiger partial charge is 0.509 e. The van der Waals surface area contributed by atoms with Crippen molar-refractivity contribution < 1.29 is 57.4 Å². The fourth-order valence-electron chi connectivity index (χ4n) is 8.99. The van der Waals surface area contributed by atoms with Gasteiger partial charge in [0.1, 0.15) is 5.76 Å². The van der Waals surface area contributed by atoms with Gasteiger partial charge in [0.05, 0.1) is 71.9 Å². The van der Waals surface area contributed by atoms with Crippen LogP contribution in [0.1, 0.15) is 100 Å². The van der Waals surface area contributed by atoms with Crippen LogP contribution in [0.2, 0.25) is 20.1 Å². The molecule has 2 aromatic rings. The summed E-state index contributed by atoms with van der Waals surface area (Å²) < 4.78 is 38.4. The second-order valence-corrected chi connectivity index (χ2v) is 18.0. The fourth-order valence-corrected chi connectivity index (χ4v) is 10.5. The maximum Gasteiger partial charge on any atom is 0.513 e. The number of benzene rings is 2. The van der Waals surface area contributed by atoms with Gasteiger partial charge >= 0.3 is 11.6 Å². The van der Waals surface area contributed by atoms with E-state index in [0.29, 0.717) is 121 Å². The molecule has 3 N–H and O–H groups in total. The highest BCUT2D eigenvalue weighted by atomic mass is 35.5. The van der Waals surface area contributed by atoms with E-state index in [4.69, 9.17) is 86.4 Å². The molecule has 4 fully saturated rings. The minimum atomic E-state index is -0.871. The first-order chi connectivity index (χ1) is 29.9. The van der Waals surface area contributed by atoms with Crippen LogP contribution in [-0.4, -0.2) is 90.8 Å². The average molecular weight is 977 g/mol. The number of carbonyl (C=O) groups excluding carboxylic acids is 4. The molecular formula is C44H51Cl5N2O12. The Bertz CT molecular complexity index is 2100. The maximum absolute atomic E-state index is 13.2. The van der Waals surface area contributed by atoms with Crippen LogP contribution in [0.3, 0.4) is 0 Å². The number of rotatable bonds is 5. The molecule has 2 saturated carbocycles. The van der Waals surface area contributed by atoms with Crippen molar-refractivity contribution >= 4 is 92.5 Å². The molecule has 0 unspecified atom stereocenters. The maximum atomic E-state index is 13.2. The fraction of sp³-hybridized carbons (Fsp3) is 0.545. The molecule has 2 saturated heterocycles. The molecule has 4 heterocycles. The molecule has 19 heteroatoms. The summed E-state index contributed by atoms with van der Waals surface area (Å²) in [6.07, 6.45) is 5.34. The van der Waals surface area contributed by atoms with E-state index in [2.05, 4.69) is 15.4 Å². The molecule has 2 aliphatic carbocycles. The summed E-state index contributed by atoms with van der Waals surface area (Å²) in [4.78, 5) is 47.8. The zero-order valence-electron chi connectivity index (χ0n) is 35.5. The van der Waals surface area contributed by atoms with Crippen LogP contribution in [0.4, 0.5) is 9.59 Å². The van der Waals surface area contributed by atoms with Crippen molar-refractivity contribution in [3.63, 3.8) is 0 Å². The molecule has 8 rings (SSSR count). The van der Waals surface area contributed by atoms with E-state index in [1.165, 1.54) is 0 Å². The topological polar surface area (TPSA) is 177 Å². The lowest BCUT2D eigenvalue weighted by Crippen LogP contribution is -2.54. The van der Waals surface area contributed by atoms with E-state index in [9.17, 15) is 24.3 Å². The number of hydrogen-bond donors (Lipinski definition) is 3. The predicted molar refractivity (Wildman–Crippen MR) is 237 cm³/mol. The van der Waals surface area contributed by atoms with E-state index in [1.54, 1.807) is 45.0 Å². The summed E-state index contributed by atoms with van der Waals surface area (Å²) in [7, 11) is 0. The Kier molecular flexibility index (Phi) is 16.0. The number of ether oxygens (including phenoxy) is 7. The van der Waals surface area contributed by atoms with Crippen molar-refractivity contribution in [2.45, 2.75) is 115 Å². The van der Waals surface area contributed by atoms with Gasteiger partial charge in [-0.15, -0.1) is 0 Å². The van der Waals surface area contributed by atoms with Crippen LogP contribution < -0.4 is 10.6 Å². The van der Waals surface area contributed by atoms with E-state index in [1.807, 2.05) is 6.92 Å². The van der Waals surface area contributed by atoms with E-state index < -0.39 is 34.2 Å². The summed E-state index contributed by atoms with van der Waals surface area (Å²) in [5, 5.41) is 18.7. The third kappa shape index (κ3) is 10.7. The third-order valence-corrected chi connectivity index (χ3v) is 13.1. The first-order valence-electron chi connectivity index (χ1n) is 20.9. The molecule has 14 nitrogen and oxygen atoms in total. The number of aryl methyl sites for hydroxylation is 2. The Balaban J connectivity index is 0.000000188. The first-order valence-corrected chi connectivity index (χ1v) is 22.8.